The first-order valence-corrected chi connectivity index (χ1v) is 10.7. The van der Waals surface area contributed by atoms with E-state index in [9.17, 15) is 27.6 Å². The van der Waals surface area contributed by atoms with Crippen molar-refractivity contribution in [3.8, 4) is 0 Å². The van der Waals surface area contributed by atoms with Gasteiger partial charge in [-0.05, 0) is 54.7 Å². The predicted octanol–water partition coefficient (Wildman–Crippen LogP) is 3.27. The van der Waals surface area contributed by atoms with Crippen molar-refractivity contribution in [2.75, 3.05) is 25.0 Å². The van der Waals surface area contributed by atoms with E-state index >= 15 is 0 Å². The van der Waals surface area contributed by atoms with Crippen LogP contribution in [-0.4, -0.2) is 42.8 Å². The zero-order chi connectivity index (χ0) is 24.0. The number of carbonyl (C=O) groups excluding carboxylic acids is 3. The predicted molar refractivity (Wildman–Crippen MR) is 116 cm³/mol. The van der Waals surface area contributed by atoms with Crippen molar-refractivity contribution in [1.29, 1.82) is 0 Å². The zero-order valence-electron chi connectivity index (χ0n) is 18.1. The molecular weight excluding hydrogens is 435 g/mol. The Kier molecular flexibility index (Phi) is 5.67. The number of rotatable bonds is 4. The minimum absolute atomic E-state index is 0.0113. The summed E-state index contributed by atoms with van der Waals surface area (Å²) < 4.78 is 39.6. The number of alkyl halides is 3. The van der Waals surface area contributed by atoms with Crippen LogP contribution in [0.15, 0.2) is 42.5 Å². The summed E-state index contributed by atoms with van der Waals surface area (Å²) in [7, 11) is 1.68. The second-order valence-electron chi connectivity index (χ2n) is 8.58. The minimum Gasteiger partial charge on any atom is -0.366 e. The average molecular weight is 459 g/mol. The van der Waals surface area contributed by atoms with Gasteiger partial charge in [-0.3, -0.25) is 14.4 Å². The van der Waals surface area contributed by atoms with Crippen molar-refractivity contribution in [3.05, 3.63) is 64.7 Å². The maximum atomic E-state index is 13.2. The van der Waals surface area contributed by atoms with Crippen molar-refractivity contribution in [2.24, 2.45) is 5.73 Å². The molecule has 33 heavy (non-hydrogen) atoms. The lowest BCUT2D eigenvalue weighted by atomic mass is 9.73. The fourth-order valence-electron chi connectivity index (χ4n) is 4.95. The van der Waals surface area contributed by atoms with Crippen molar-refractivity contribution in [3.63, 3.8) is 0 Å². The van der Waals surface area contributed by atoms with Crippen LogP contribution in [0.4, 0.5) is 18.9 Å². The number of hydrogen-bond acceptors (Lipinski definition) is 3. The summed E-state index contributed by atoms with van der Waals surface area (Å²) in [5.41, 5.74) is 5.71. The van der Waals surface area contributed by atoms with Crippen LogP contribution in [0.3, 0.4) is 0 Å². The van der Waals surface area contributed by atoms with Crippen molar-refractivity contribution >= 4 is 23.4 Å². The Hall–Kier alpha value is -3.36. The molecule has 2 aliphatic heterocycles. The summed E-state index contributed by atoms with van der Waals surface area (Å²) in [6, 6.07) is 10.2. The molecule has 2 aromatic rings. The van der Waals surface area contributed by atoms with Crippen LogP contribution in [0.1, 0.15) is 46.3 Å². The van der Waals surface area contributed by atoms with Crippen LogP contribution >= 0.6 is 0 Å². The highest BCUT2D eigenvalue weighted by atomic mass is 19.4. The van der Waals surface area contributed by atoms with E-state index in [1.165, 1.54) is 18.2 Å². The molecule has 1 saturated heterocycles. The van der Waals surface area contributed by atoms with Gasteiger partial charge in [0.2, 0.25) is 17.7 Å². The molecular formula is C24H24F3N3O3. The molecule has 174 valence electrons. The van der Waals surface area contributed by atoms with Gasteiger partial charge in [-0.1, -0.05) is 18.2 Å². The third-order valence-corrected chi connectivity index (χ3v) is 6.77. The Morgan fingerprint density at radius 1 is 1.09 bits per heavy atom. The largest absolute Gasteiger partial charge is 0.416 e. The lowest BCUT2D eigenvalue weighted by Gasteiger charge is -2.38. The van der Waals surface area contributed by atoms with E-state index in [1.807, 2.05) is 0 Å². The molecule has 1 fully saturated rings. The molecule has 0 atom stereocenters. The van der Waals surface area contributed by atoms with Gasteiger partial charge in [0.25, 0.3) is 0 Å². The number of piperidine rings is 1. The summed E-state index contributed by atoms with van der Waals surface area (Å²) in [4.78, 5) is 40.7. The minimum atomic E-state index is -4.47. The number of fused-ring (bicyclic) bond motifs is 2. The molecule has 2 heterocycles. The molecule has 9 heteroatoms. The highest BCUT2D eigenvalue weighted by Gasteiger charge is 2.51. The average Bonchev–Trinajstić information content (AvgIpc) is 2.99. The fraction of sp³-hybridized carbons (Fsp3) is 0.375. The maximum Gasteiger partial charge on any atom is 0.416 e. The van der Waals surface area contributed by atoms with Gasteiger partial charge in [0.15, 0.2) is 0 Å². The second kappa shape index (κ2) is 8.20. The van der Waals surface area contributed by atoms with Gasteiger partial charge in [-0.15, -0.1) is 0 Å². The number of benzene rings is 2. The van der Waals surface area contributed by atoms with Crippen LogP contribution in [0.5, 0.6) is 0 Å². The number of aryl methyl sites for hydroxylation is 1. The van der Waals surface area contributed by atoms with Gasteiger partial charge < -0.3 is 15.5 Å². The van der Waals surface area contributed by atoms with Crippen LogP contribution in [0.2, 0.25) is 0 Å². The molecule has 0 aliphatic carbocycles. The molecule has 0 unspecified atom stereocenters. The maximum absolute atomic E-state index is 13.2. The monoisotopic (exact) mass is 459 g/mol. The number of halogens is 3. The van der Waals surface area contributed by atoms with Crippen LogP contribution in [-0.2, 0) is 27.6 Å². The first-order chi connectivity index (χ1) is 15.5. The molecule has 1 spiro atoms. The first kappa shape index (κ1) is 22.8. The number of primary amides is 1. The Morgan fingerprint density at radius 2 is 1.76 bits per heavy atom. The number of likely N-dealkylation sites (tertiary alicyclic amines) is 1. The van der Waals surface area contributed by atoms with Gasteiger partial charge in [-0.25, -0.2) is 0 Å². The molecule has 3 amide bonds. The van der Waals surface area contributed by atoms with Crippen LogP contribution < -0.4 is 10.6 Å². The normalized spacial score (nSPS) is 17.4. The number of likely N-dealkylation sites (N-methyl/N-ethyl adjacent to an activating group) is 1. The number of amides is 3. The first-order valence-electron chi connectivity index (χ1n) is 10.7. The van der Waals surface area contributed by atoms with E-state index in [-0.39, 0.29) is 30.2 Å². The topological polar surface area (TPSA) is 83.7 Å². The van der Waals surface area contributed by atoms with E-state index < -0.39 is 23.1 Å². The van der Waals surface area contributed by atoms with Crippen LogP contribution in [0.25, 0.3) is 0 Å². The third kappa shape index (κ3) is 3.96. The Morgan fingerprint density at radius 3 is 2.39 bits per heavy atom. The SMILES string of the molecule is CN1C(=O)C2(CCN(C(=O)CCc3ccccc3C(F)(F)F)CC2)c2cc(C(N)=O)ccc21. The van der Waals surface area contributed by atoms with Gasteiger partial charge >= 0.3 is 6.18 Å². The lowest BCUT2D eigenvalue weighted by Crippen LogP contribution is -2.49. The van der Waals surface area contributed by atoms with Gasteiger partial charge in [0.05, 0.1) is 11.0 Å². The Bertz CT molecular complexity index is 1120. The second-order valence-corrected chi connectivity index (χ2v) is 8.58. The molecule has 2 N–H and O–H groups in total. The molecule has 4 rings (SSSR count). The summed E-state index contributed by atoms with van der Waals surface area (Å²) in [6.45, 7) is 0.610. The third-order valence-electron chi connectivity index (χ3n) is 6.77. The molecule has 6 nitrogen and oxygen atoms in total. The molecule has 0 aromatic heterocycles. The van der Waals surface area contributed by atoms with Crippen molar-refractivity contribution < 1.29 is 27.6 Å². The molecule has 0 bridgehead atoms. The number of carbonyl (C=O) groups is 3. The Labute approximate surface area is 189 Å². The van der Waals surface area contributed by atoms with E-state index in [2.05, 4.69) is 0 Å². The zero-order valence-corrected chi connectivity index (χ0v) is 18.1. The lowest BCUT2D eigenvalue weighted by molar-refractivity contribution is -0.139. The number of nitrogens with two attached hydrogens (primary N) is 1. The van der Waals surface area contributed by atoms with Gasteiger partial charge in [0.1, 0.15) is 0 Å². The summed E-state index contributed by atoms with van der Waals surface area (Å²) in [6.07, 6.45) is -3.78. The molecule has 0 saturated carbocycles. The van der Waals surface area contributed by atoms with E-state index in [0.29, 0.717) is 37.2 Å². The standard InChI is InChI=1S/C24H24F3N3O3/c1-29-19-8-6-16(21(28)32)14-18(19)23(22(29)33)10-12-30(13-11-23)20(31)9-7-15-4-2-3-5-17(15)24(25,26)27/h2-6,8,14H,7,9-13H2,1H3,(H2,28,32). The van der Waals surface area contributed by atoms with Crippen LogP contribution in [0, 0.1) is 0 Å². The smallest absolute Gasteiger partial charge is 0.366 e. The van der Waals surface area contributed by atoms with Gasteiger partial charge in [0, 0.05) is 37.8 Å². The number of nitrogens with zero attached hydrogens (tertiary/aromatic N) is 2. The Balaban J connectivity index is 1.47. The summed E-state index contributed by atoms with van der Waals surface area (Å²) in [5.74, 6) is -0.918. The summed E-state index contributed by atoms with van der Waals surface area (Å²) in [5, 5.41) is 0. The fourth-order valence-corrected chi connectivity index (χ4v) is 4.95. The number of anilines is 1. The quantitative estimate of drug-likeness (QED) is 0.762. The van der Waals surface area contributed by atoms with Crippen molar-refractivity contribution in [1.82, 2.24) is 4.90 Å². The van der Waals surface area contributed by atoms with E-state index in [4.69, 9.17) is 5.73 Å². The highest BCUT2D eigenvalue weighted by Crippen LogP contribution is 2.47. The molecule has 2 aromatic carbocycles. The van der Waals surface area contributed by atoms with E-state index in [0.717, 1.165) is 11.6 Å². The highest BCUT2D eigenvalue weighted by molar-refractivity contribution is 6.09. The van der Waals surface area contributed by atoms with Crippen molar-refractivity contribution in [2.45, 2.75) is 37.3 Å². The molecule has 2 aliphatic rings. The van der Waals surface area contributed by atoms with Gasteiger partial charge in [-0.2, -0.15) is 13.2 Å². The summed E-state index contributed by atoms with van der Waals surface area (Å²) >= 11 is 0. The number of hydrogen-bond donors (Lipinski definition) is 1. The van der Waals surface area contributed by atoms with E-state index in [1.54, 1.807) is 35.0 Å². The molecule has 0 radical (unpaired) electrons.